The summed E-state index contributed by atoms with van der Waals surface area (Å²) in [6.07, 6.45) is 0. The molecule has 0 spiro atoms. The molecule has 0 N–H and O–H groups in total. The summed E-state index contributed by atoms with van der Waals surface area (Å²) in [6.45, 7) is 0. The fourth-order valence-electron chi connectivity index (χ4n) is 8.78. The summed E-state index contributed by atoms with van der Waals surface area (Å²) in [5, 5.41) is 14.9. The topological polar surface area (TPSA) is 17.3 Å². The summed E-state index contributed by atoms with van der Waals surface area (Å²) in [7, 11) is -1.64. The Labute approximate surface area is 363 Å². The Hall–Kier alpha value is -6.04. The minimum atomic E-state index is -2.42. The highest BCUT2D eigenvalue weighted by molar-refractivity contribution is 8.25. The first-order valence-electron chi connectivity index (χ1n) is 20.5. The third-order valence-corrected chi connectivity index (χ3v) is 21.4. The van der Waals surface area contributed by atoms with E-state index in [1.54, 1.807) is 0 Å². The van der Waals surface area contributed by atoms with Gasteiger partial charge in [-0.2, -0.15) is 0 Å². The van der Waals surface area contributed by atoms with Gasteiger partial charge in [-0.25, -0.2) is 4.98 Å². The molecular weight excluding hydrogens is 814 g/mol. The van der Waals surface area contributed by atoms with Gasteiger partial charge < -0.3 is 0 Å². The Morgan fingerprint density at radius 2 is 0.770 bits per heavy atom. The molecule has 0 aliphatic heterocycles. The molecule has 2 nitrogen and oxygen atoms in total. The molecule has 6 heteroatoms. The van der Waals surface area contributed by atoms with Crippen LogP contribution in [-0.4, -0.2) is 9.38 Å². The van der Waals surface area contributed by atoms with Crippen LogP contribution in [0.2, 0.25) is 0 Å². The summed E-state index contributed by atoms with van der Waals surface area (Å²) >= 11 is 6.91. The number of benzene rings is 9. The first-order chi connectivity index (χ1) is 30.1. The zero-order valence-electron chi connectivity index (χ0n) is 33.2. The number of aromatic nitrogens is 2. The molecule has 0 aliphatic carbocycles. The number of pyridine rings is 1. The van der Waals surface area contributed by atoms with Gasteiger partial charge in [-0.3, -0.25) is 4.40 Å². The maximum Gasteiger partial charge on any atom is 0.146 e. The van der Waals surface area contributed by atoms with E-state index < -0.39 is 21.9 Å². The molecule has 61 heavy (non-hydrogen) atoms. The standard InChI is InChI=1S/C55H39N2P3S/c61-60(46-27-15-5-16-28-46,47-29-17-6-18-30-47)48-33-35-50-51(39-48)49-34-31-45(59(42-23-11-3-12-24-42)43-25-13-4-14-26-43)38-54(49)57-53-36-32-44(37-52(53)56-55(50)57)58(40-19-7-1-8-20-40)41-21-9-2-10-22-41/h1-39H. The van der Waals surface area contributed by atoms with Crippen molar-refractivity contribution in [1.29, 1.82) is 0 Å². The van der Waals surface area contributed by atoms with E-state index in [0.717, 1.165) is 27.6 Å². The lowest BCUT2D eigenvalue weighted by molar-refractivity contribution is 1.32. The Balaban J connectivity index is 1.20. The van der Waals surface area contributed by atoms with Crippen molar-refractivity contribution < 1.29 is 0 Å². The van der Waals surface area contributed by atoms with Gasteiger partial charge in [0.05, 0.1) is 16.6 Å². The zero-order chi connectivity index (χ0) is 40.8. The highest BCUT2D eigenvalue weighted by Crippen LogP contribution is 2.45. The average Bonchev–Trinajstić information content (AvgIpc) is 3.73. The monoisotopic (exact) mass is 852 g/mol. The van der Waals surface area contributed by atoms with Gasteiger partial charge in [0.25, 0.3) is 0 Å². The maximum atomic E-state index is 6.91. The molecule has 11 rings (SSSR count). The van der Waals surface area contributed by atoms with Crippen molar-refractivity contribution >= 4 is 120 Å². The molecular formula is C55H39N2P3S. The van der Waals surface area contributed by atoms with Crippen molar-refractivity contribution in [3.05, 3.63) is 237 Å². The summed E-state index contributed by atoms with van der Waals surface area (Å²) in [5.74, 6) is 0. The van der Waals surface area contributed by atoms with Gasteiger partial charge in [0.1, 0.15) is 5.65 Å². The van der Waals surface area contributed by atoms with Crippen LogP contribution in [0.1, 0.15) is 0 Å². The SMILES string of the molecule is S=P(c1ccccc1)(c1ccccc1)c1ccc2c(c1)c1ccc(P(c3ccccc3)c3ccccc3)cc1n1c3ccc(P(c4ccccc4)c4ccccc4)cc3nc21. The van der Waals surface area contributed by atoms with Crippen molar-refractivity contribution in [2.24, 2.45) is 0 Å². The zero-order valence-corrected chi connectivity index (χ0v) is 36.7. The van der Waals surface area contributed by atoms with E-state index in [1.807, 2.05) is 0 Å². The quantitative estimate of drug-likeness (QED) is 0.106. The molecule has 2 aromatic heterocycles. The van der Waals surface area contributed by atoms with E-state index in [1.165, 1.54) is 58.5 Å². The number of fused-ring (bicyclic) bond motifs is 8. The van der Waals surface area contributed by atoms with Gasteiger partial charge >= 0.3 is 0 Å². The normalized spacial score (nSPS) is 12.0. The lowest BCUT2D eigenvalue weighted by Gasteiger charge is -2.25. The molecule has 0 radical (unpaired) electrons. The van der Waals surface area contributed by atoms with Crippen LogP contribution in [-0.2, 0) is 11.8 Å². The second-order valence-electron chi connectivity index (χ2n) is 15.2. The number of rotatable bonds is 9. The van der Waals surface area contributed by atoms with Gasteiger partial charge in [0.15, 0.2) is 0 Å². The number of imidazole rings is 1. The Morgan fingerprint density at radius 3 is 1.26 bits per heavy atom. The van der Waals surface area contributed by atoms with Gasteiger partial charge in [0.2, 0.25) is 0 Å². The van der Waals surface area contributed by atoms with Crippen molar-refractivity contribution in [3.8, 4) is 0 Å². The minimum Gasteiger partial charge on any atom is -0.292 e. The molecule has 9 aromatic carbocycles. The fraction of sp³-hybridized carbons (Fsp3) is 0. The first-order valence-corrected chi connectivity index (χ1v) is 26.0. The van der Waals surface area contributed by atoms with Crippen LogP contribution >= 0.6 is 21.9 Å². The van der Waals surface area contributed by atoms with Crippen molar-refractivity contribution in [3.63, 3.8) is 0 Å². The summed E-state index contributed by atoms with van der Waals surface area (Å²) < 4.78 is 2.42. The van der Waals surface area contributed by atoms with Gasteiger partial charge in [-0.15, -0.1) is 0 Å². The second kappa shape index (κ2) is 16.1. The molecule has 290 valence electrons. The van der Waals surface area contributed by atoms with E-state index >= 15 is 0 Å². The molecule has 0 unspecified atom stereocenters. The van der Waals surface area contributed by atoms with Gasteiger partial charge in [-0.1, -0.05) is 218 Å². The summed E-state index contributed by atoms with van der Waals surface area (Å²) in [4.78, 5) is 5.58. The summed E-state index contributed by atoms with van der Waals surface area (Å²) in [6, 6.07) is 83.9. The lowest BCUT2D eigenvalue weighted by atomic mass is 10.1. The van der Waals surface area contributed by atoms with Gasteiger partial charge in [-0.05, 0) is 99.3 Å². The molecule has 0 saturated carbocycles. The van der Waals surface area contributed by atoms with E-state index in [0.29, 0.717) is 0 Å². The molecule has 0 amide bonds. The molecule has 2 heterocycles. The van der Waals surface area contributed by atoms with Crippen LogP contribution in [0.5, 0.6) is 0 Å². The molecule has 11 aromatic rings. The Kier molecular flexibility index (Phi) is 10.0. The predicted octanol–water partition coefficient (Wildman–Crippen LogP) is 10.1. The van der Waals surface area contributed by atoms with E-state index in [2.05, 4.69) is 241 Å². The van der Waals surface area contributed by atoms with Crippen LogP contribution in [0.4, 0.5) is 0 Å². The fourth-order valence-corrected chi connectivity index (χ4v) is 17.1. The van der Waals surface area contributed by atoms with E-state index in [9.17, 15) is 0 Å². The van der Waals surface area contributed by atoms with Gasteiger partial charge in [0, 0.05) is 16.8 Å². The van der Waals surface area contributed by atoms with Crippen molar-refractivity contribution in [1.82, 2.24) is 9.38 Å². The molecule has 0 fully saturated rings. The van der Waals surface area contributed by atoms with Crippen LogP contribution < -0.4 is 47.7 Å². The highest BCUT2D eigenvalue weighted by atomic mass is 32.4. The summed E-state index contributed by atoms with van der Waals surface area (Å²) in [5.41, 5.74) is 4.20. The highest BCUT2D eigenvalue weighted by Gasteiger charge is 2.27. The number of hydrogen-bond acceptors (Lipinski definition) is 2. The lowest BCUT2D eigenvalue weighted by Crippen LogP contribution is -2.24. The second-order valence-corrected chi connectivity index (χ2v) is 24.0. The Bertz CT molecular complexity index is 3260. The number of hydrogen-bond donors (Lipinski definition) is 0. The predicted molar refractivity (Wildman–Crippen MR) is 271 cm³/mol. The smallest absolute Gasteiger partial charge is 0.146 e. The maximum absolute atomic E-state index is 6.91. The third kappa shape index (κ3) is 6.75. The molecule has 0 bridgehead atoms. The van der Waals surface area contributed by atoms with Crippen LogP contribution in [0.3, 0.4) is 0 Å². The van der Waals surface area contributed by atoms with Crippen molar-refractivity contribution in [2.45, 2.75) is 0 Å². The largest absolute Gasteiger partial charge is 0.292 e. The van der Waals surface area contributed by atoms with Crippen LogP contribution in [0.15, 0.2) is 237 Å². The number of nitrogens with zero attached hydrogens (tertiary/aromatic N) is 2. The first kappa shape index (κ1) is 37.9. The van der Waals surface area contributed by atoms with E-state index in [-0.39, 0.29) is 0 Å². The third-order valence-electron chi connectivity index (χ3n) is 11.6. The molecule has 0 saturated heterocycles. The molecule has 0 atom stereocenters. The van der Waals surface area contributed by atoms with Crippen LogP contribution in [0, 0.1) is 0 Å². The van der Waals surface area contributed by atoms with Crippen LogP contribution in [0.25, 0.3) is 38.4 Å². The minimum absolute atomic E-state index is 0.799. The average molecular weight is 853 g/mol. The Morgan fingerprint density at radius 1 is 0.344 bits per heavy atom. The van der Waals surface area contributed by atoms with E-state index in [4.69, 9.17) is 16.8 Å². The molecule has 0 aliphatic rings. The van der Waals surface area contributed by atoms with Crippen molar-refractivity contribution in [2.75, 3.05) is 0 Å².